The van der Waals surface area contributed by atoms with Gasteiger partial charge in [0.15, 0.2) is 0 Å². The summed E-state index contributed by atoms with van der Waals surface area (Å²) in [4.78, 5) is 17.0. The Morgan fingerprint density at radius 2 is 2.00 bits per heavy atom. The number of nitrogens with zero attached hydrogens (tertiary/aromatic N) is 1. The van der Waals surface area contributed by atoms with E-state index in [1.807, 2.05) is 54.8 Å². The first-order chi connectivity index (χ1) is 13.1. The second-order valence-electron chi connectivity index (χ2n) is 6.58. The van der Waals surface area contributed by atoms with Gasteiger partial charge in [0, 0.05) is 11.1 Å². The van der Waals surface area contributed by atoms with Gasteiger partial charge < -0.3 is 10.1 Å². The smallest absolute Gasteiger partial charge is 0.230 e. The van der Waals surface area contributed by atoms with Crippen LogP contribution in [0.15, 0.2) is 53.9 Å². The van der Waals surface area contributed by atoms with Gasteiger partial charge in [-0.3, -0.25) is 4.79 Å². The third-order valence-corrected chi connectivity index (χ3v) is 5.07. The van der Waals surface area contributed by atoms with E-state index in [1.165, 1.54) is 16.9 Å². The van der Waals surface area contributed by atoms with Crippen LogP contribution in [0.3, 0.4) is 0 Å². The van der Waals surface area contributed by atoms with Crippen LogP contribution in [0.4, 0.5) is 5.69 Å². The van der Waals surface area contributed by atoms with Crippen molar-refractivity contribution in [2.24, 2.45) is 0 Å². The molecule has 0 spiro atoms. The van der Waals surface area contributed by atoms with Crippen molar-refractivity contribution < 1.29 is 9.53 Å². The van der Waals surface area contributed by atoms with Gasteiger partial charge in [-0.1, -0.05) is 38.1 Å². The standard InChI is InChI=1S/C22H24N2O2S/c1-4-26-20-11-6-5-10-19(20)22-24-18(14-27-22)13-21(25)23-17-9-7-8-16(12-17)15(2)3/h5-12,14-15H,4,13H2,1-3H3,(H,23,25). The summed E-state index contributed by atoms with van der Waals surface area (Å²) in [6, 6.07) is 15.8. The number of para-hydroxylation sites is 1. The highest BCUT2D eigenvalue weighted by atomic mass is 32.1. The lowest BCUT2D eigenvalue weighted by molar-refractivity contribution is -0.115. The van der Waals surface area contributed by atoms with Crippen LogP contribution >= 0.6 is 11.3 Å². The minimum Gasteiger partial charge on any atom is -0.493 e. The Bertz CT molecular complexity index is 918. The van der Waals surface area contributed by atoms with E-state index in [2.05, 4.69) is 30.2 Å². The summed E-state index contributed by atoms with van der Waals surface area (Å²) in [6.45, 7) is 6.84. The molecule has 0 radical (unpaired) electrons. The lowest BCUT2D eigenvalue weighted by atomic mass is 10.0. The molecule has 5 heteroatoms. The molecule has 1 N–H and O–H groups in total. The molecule has 0 bridgehead atoms. The molecule has 0 aliphatic carbocycles. The number of aromatic nitrogens is 1. The minimum atomic E-state index is -0.0640. The zero-order valence-corrected chi connectivity index (χ0v) is 16.7. The molecular weight excluding hydrogens is 356 g/mol. The number of thiazole rings is 1. The number of nitrogens with one attached hydrogen (secondary N) is 1. The number of rotatable bonds is 7. The Balaban J connectivity index is 1.69. The first-order valence-electron chi connectivity index (χ1n) is 9.13. The van der Waals surface area contributed by atoms with Crippen LogP contribution in [0.2, 0.25) is 0 Å². The van der Waals surface area contributed by atoms with Gasteiger partial charge in [-0.05, 0) is 42.7 Å². The predicted molar refractivity (Wildman–Crippen MR) is 112 cm³/mol. The zero-order valence-electron chi connectivity index (χ0n) is 15.9. The summed E-state index contributed by atoms with van der Waals surface area (Å²) in [7, 11) is 0. The number of hydrogen-bond donors (Lipinski definition) is 1. The third kappa shape index (κ3) is 4.95. The van der Waals surface area contributed by atoms with Crippen molar-refractivity contribution in [3.8, 4) is 16.3 Å². The number of amides is 1. The topological polar surface area (TPSA) is 51.2 Å². The minimum absolute atomic E-state index is 0.0640. The summed E-state index contributed by atoms with van der Waals surface area (Å²) in [5, 5.41) is 5.76. The number of benzene rings is 2. The van der Waals surface area contributed by atoms with Crippen LogP contribution in [0.1, 0.15) is 37.9 Å². The maximum Gasteiger partial charge on any atom is 0.230 e. The largest absolute Gasteiger partial charge is 0.493 e. The summed E-state index contributed by atoms with van der Waals surface area (Å²) in [5.74, 6) is 1.18. The number of anilines is 1. The van der Waals surface area contributed by atoms with Crippen molar-refractivity contribution in [1.29, 1.82) is 0 Å². The summed E-state index contributed by atoms with van der Waals surface area (Å²) in [6.07, 6.45) is 0.249. The highest BCUT2D eigenvalue weighted by molar-refractivity contribution is 7.13. The van der Waals surface area contributed by atoms with E-state index in [-0.39, 0.29) is 12.3 Å². The molecule has 0 aliphatic heterocycles. The van der Waals surface area contributed by atoms with Crippen molar-refractivity contribution >= 4 is 22.9 Å². The summed E-state index contributed by atoms with van der Waals surface area (Å²) < 4.78 is 5.68. The molecule has 27 heavy (non-hydrogen) atoms. The van der Waals surface area contributed by atoms with Crippen molar-refractivity contribution in [2.75, 3.05) is 11.9 Å². The van der Waals surface area contributed by atoms with E-state index in [4.69, 9.17) is 4.74 Å². The molecule has 0 saturated heterocycles. The maximum atomic E-state index is 12.4. The third-order valence-electron chi connectivity index (χ3n) is 4.15. The molecule has 3 rings (SSSR count). The Morgan fingerprint density at radius 3 is 2.78 bits per heavy atom. The SMILES string of the molecule is CCOc1ccccc1-c1nc(CC(=O)Nc2cccc(C(C)C)c2)cs1. The molecule has 4 nitrogen and oxygen atoms in total. The fourth-order valence-electron chi connectivity index (χ4n) is 2.78. The lowest BCUT2D eigenvalue weighted by Gasteiger charge is -2.09. The summed E-state index contributed by atoms with van der Waals surface area (Å²) >= 11 is 1.53. The van der Waals surface area contributed by atoms with Gasteiger partial charge in [0.2, 0.25) is 5.91 Å². The molecule has 0 fully saturated rings. The lowest BCUT2D eigenvalue weighted by Crippen LogP contribution is -2.14. The molecule has 2 aromatic carbocycles. The van der Waals surface area contributed by atoms with E-state index in [0.717, 1.165) is 27.7 Å². The molecule has 1 heterocycles. The maximum absolute atomic E-state index is 12.4. The Morgan fingerprint density at radius 1 is 1.19 bits per heavy atom. The van der Waals surface area contributed by atoms with E-state index in [9.17, 15) is 4.79 Å². The van der Waals surface area contributed by atoms with Gasteiger partial charge >= 0.3 is 0 Å². The van der Waals surface area contributed by atoms with Gasteiger partial charge in [0.25, 0.3) is 0 Å². The van der Waals surface area contributed by atoms with Gasteiger partial charge in [-0.25, -0.2) is 4.98 Å². The van der Waals surface area contributed by atoms with Crippen LogP contribution in [0.5, 0.6) is 5.75 Å². The van der Waals surface area contributed by atoms with Gasteiger partial charge in [-0.15, -0.1) is 11.3 Å². The molecule has 1 aromatic heterocycles. The van der Waals surface area contributed by atoms with Crippen molar-refractivity contribution in [3.63, 3.8) is 0 Å². The average molecular weight is 381 g/mol. The molecule has 3 aromatic rings. The van der Waals surface area contributed by atoms with Crippen LogP contribution in [0.25, 0.3) is 10.6 Å². The molecule has 0 atom stereocenters. The molecule has 140 valence electrons. The highest BCUT2D eigenvalue weighted by Gasteiger charge is 2.13. The average Bonchev–Trinajstić information content (AvgIpc) is 3.10. The second-order valence-corrected chi connectivity index (χ2v) is 7.44. The number of carbonyl (C=O) groups is 1. The van der Waals surface area contributed by atoms with Crippen LogP contribution in [0, 0.1) is 0 Å². The van der Waals surface area contributed by atoms with Gasteiger partial charge in [-0.2, -0.15) is 0 Å². The van der Waals surface area contributed by atoms with Crippen molar-refractivity contribution in [2.45, 2.75) is 33.1 Å². The van der Waals surface area contributed by atoms with Crippen molar-refractivity contribution in [3.05, 3.63) is 65.2 Å². The fraction of sp³-hybridized carbons (Fsp3) is 0.273. The van der Waals surface area contributed by atoms with E-state index in [1.54, 1.807) is 0 Å². The number of ether oxygens (including phenoxy) is 1. The molecular formula is C22H24N2O2S. The monoisotopic (exact) mass is 380 g/mol. The van der Waals surface area contributed by atoms with Crippen LogP contribution < -0.4 is 10.1 Å². The fourth-order valence-corrected chi connectivity index (χ4v) is 3.63. The Hall–Kier alpha value is -2.66. The van der Waals surface area contributed by atoms with E-state index >= 15 is 0 Å². The molecule has 0 saturated carbocycles. The van der Waals surface area contributed by atoms with Gasteiger partial charge in [0.1, 0.15) is 10.8 Å². The van der Waals surface area contributed by atoms with E-state index in [0.29, 0.717) is 12.5 Å². The normalized spacial score (nSPS) is 10.8. The first-order valence-corrected chi connectivity index (χ1v) is 10.0. The van der Waals surface area contributed by atoms with Crippen LogP contribution in [-0.2, 0) is 11.2 Å². The second kappa shape index (κ2) is 8.82. The Kier molecular flexibility index (Phi) is 6.24. The van der Waals surface area contributed by atoms with Crippen molar-refractivity contribution in [1.82, 2.24) is 4.98 Å². The predicted octanol–water partition coefficient (Wildman–Crippen LogP) is 5.51. The van der Waals surface area contributed by atoms with E-state index < -0.39 is 0 Å². The molecule has 1 amide bonds. The first kappa shape index (κ1) is 19.1. The number of hydrogen-bond acceptors (Lipinski definition) is 4. The summed E-state index contributed by atoms with van der Waals surface area (Å²) in [5.41, 5.74) is 3.75. The number of carbonyl (C=O) groups excluding carboxylic acids is 1. The zero-order chi connectivity index (χ0) is 19.2. The molecule has 0 unspecified atom stereocenters. The van der Waals surface area contributed by atoms with Gasteiger partial charge in [0.05, 0.1) is 24.3 Å². The Labute approximate surface area is 164 Å². The highest BCUT2D eigenvalue weighted by Crippen LogP contribution is 2.32. The molecule has 0 aliphatic rings. The quantitative estimate of drug-likeness (QED) is 0.588. The van der Waals surface area contributed by atoms with Crippen LogP contribution in [-0.4, -0.2) is 17.5 Å².